The minimum atomic E-state index is -3.03. The number of sulfone groups is 1. The van der Waals surface area contributed by atoms with E-state index in [1.807, 2.05) is 0 Å². The van der Waals surface area contributed by atoms with Crippen LogP contribution in [0.3, 0.4) is 0 Å². The molecular formula is C7H10N2O3S. The van der Waals surface area contributed by atoms with Crippen molar-refractivity contribution >= 4 is 9.84 Å². The van der Waals surface area contributed by atoms with E-state index in [9.17, 15) is 13.2 Å². The summed E-state index contributed by atoms with van der Waals surface area (Å²) in [5, 5.41) is 0. The third kappa shape index (κ3) is 3.37. The molecule has 0 aliphatic heterocycles. The molecule has 0 amide bonds. The van der Waals surface area contributed by atoms with Gasteiger partial charge < -0.3 is 0 Å². The second kappa shape index (κ2) is 3.69. The highest BCUT2D eigenvalue weighted by atomic mass is 32.2. The second-order valence-corrected chi connectivity index (χ2v) is 4.99. The Kier molecular flexibility index (Phi) is 2.82. The molecule has 6 heteroatoms. The van der Waals surface area contributed by atoms with Crippen LogP contribution in [0.4, 0.5) is 0 Å². The van der Waals surface area contributed by atoms with Crippen LogP contribution >= 0.6 is 0 Å². The molecule has 0 fully saturated rings. The highest BCUT2D eigenvalue weighted by molar-refractivity contribution is 7.90. The Hall–Kier alpha value is -1.17. The van der Waals surface area contributed by atoms with Crippen LogP contribution in [0.2, 0.25) is 0 Å². The molecular weight excluding hydrogens is 192 g/mol. The number of hydrogen-bond donors (Lipinski definition) is 0. The molecule has 13 heavy (non-hydrogen) atoms. The van der Waals surface area contributed by atoms with Crippen LogP contribution in [-0.4, -0.2) is 30.0 Å². The predicted molar refractivity (Wildman–Crippen MR) is 48.2 cm³/mol. The zero-order chi connectivity index (χ0) is 9.90. The average molecular weight is 202 g/mol. The van der Waals surface area contributed by atoms with E-state index in [4.69, 9.17) is 0 Å². The van der Waals surface area contributed by atoms with E-state index in [-0.39, 0.29) is 12.3 Å². The Balaban J connectivity index is 2.77. The molecule has 5 nitrogen and oxygen atoms in total. The second-order valence-electron chi connectivity index (χ2n) is 2.73. The van der Waals surface area contributed by atoms with E-state index >= 15 is 0 Å². The SMILES string of the molecule is CS(=O)(=O)CCn1cccnc1=O. The van der Waals surface area contributed by atoms with Gasteiger partial charge in [0, 0.05) is 25.2 Å². The van der Waals surface area contributed by atoms with Gasteiger partial charge in [-0.25, -0.2) is 18.2 Å². The Morgan fingerprint density at radius 2 is 2.23 bits per heavy atom. The highest BCUT2D eigenvalue weighted by Crippen LogP contribution is 1.86. The van der Waals surface area contributed by atoms with Crippen LogP contribution in [0.15, 0.2) is 23.3 Å². The molecule has 0 saturated carbocycles. The fraction of sp³-hybridized carbons (Fsp3) is 0.429. The number of rotatable bonds is 3. The number of nitrogens with zero attached hydrogens (tertiary/aromatic N) is 2. The molecule has 0 unspecified atom stereocenters. The van der Waals surface area contributed by atoms with Crippen molar-refractivity contribution in [2.24, 2.45) is 0 Å². The molecule has 0 aliphatic rings. The van der Waals surface area contributed by atoms with Gasteiger partial charge in [-0.15, -0.1) is 0 Å². The minimum absolute atomic E-state index is 0.0431. The molecule has 0 spiro atoms. The number of aryl methyl sites for hydroxylation is 1. The van der Waals surface area contributed by atoms with Crippen LogP contribution in [0.5, 0.6) is 0 Å². The molecule has 0 radical (unpaired) electrons. The quantitative estimate of drug-likeness (QED) is 0.649. The van der Waals surface area contributed by atoms with Gasteiger partial charge in [0.2, 0.25) is 0 Å². The third-order valence-electron chi connectivity index (χ3n) is 1.49. The number of aromatic nitrogens is 2. The van der Waals surface area contributed by atoms with E-state index in [2.05, 4.69) is 4.98 Å². The van der Waals surface area contributed by atoms with E-state index < -0.39 is 15.5 Å². The fourth-order valence-electron chi connectivity index (χ4n) is 0.821. The largest absolute Gasteiger partial charge is 0.347 e. The van der Waals surface area contributed by atoms with E-state index in [1.54, 1.807) is 6.07 Å². The summed E-state index contributed by atoms with van der Waals surface area (Å²) in [5.74, 6) is -0.0431. The Labute approximate surface area is 76.0 Å². The number of hydrogen-bond acceptors (Lipinski definition) is 4. The van der Waals surface area contributed by atoms with Crippen molar-refractivity contribution in [3.05, 3.63) is 28.9 Å². The third-order valence-corrected chi connectivity index (χ3v) is 2.41. The molecule has 0 N–H and O–H groups in total. The smallest absolute Gasteiger partial charge is 0.298 e. The van der Waals surface area contributed by atoms with Crippen molar-refractivity contribution in [3.8, 4) is 0 Å². The standard InChI is InChI=1S/C7H10N2O3S/c1-13(11,12)6-5-9-4-2-3-8-7(9)10/h2-4H,5-6H2,1H3. The predicted octanol–water partition coefficient (Wildman–Crippen LogP) is -0.712. The summed E-state index contributed by atoms with van der Waals surface area (Å²) >= 11 is 0. The van der Waals surface area contributed by atoms with Crippen LogP contribution in [-0.2, 0) is 16.4 Å². The van der Waals surface area contributed by atoms with Crippen molar-refractivity contribution in [1.82, 2.24) is 9.55 Å². The van der Waals surface area contributed by atoms with Gasteiger partial charge in [0.05, 0.1) is 5.75 Å². The van der Waals surface area contributed by atoms with Gasteiger partial charge in [0.25, 0.3) is 0 Å². The van der Waals surface area contributed by atoms with E-state index in [0.717, 1.165) is 6.26 Å². The molecule has 0 aromatic carbocycles. The van der Waals surface area contributed by atoms with Gasteiger partial charge in [-0.2, -0.15) is 0 Å². The van der Waals surface area contributed by atoms with Crippen molar-refractivity contribution in [1.29, 1.82) is 0 Å². The lowest BCUT2D eigenvalue weighted by Crippen LogP contribution is -2.24. The van der Waals surface area contributed by atoms with Gasteiger partial charge in [-0.3, -0.25) is 4.57 Å². The topological polar surface area (TPSA) is 69.0 Å². The molecule has 1 heterocycles. The summed E-state index contributed by atoms with van der Waals surface area (Å²) in [7, 11) is -3.03. The normalized spacial score (nSPS) is 11.5. The fourth-order valence-corrected chi connectivity index (χ4v) is 1.35. The Bertz CT molecular complexity index is 435. The first-order valence-electron chi connectivity index (χ1n) is 3.68. The van der Waals surface area contributed by atoms with Gasteiger partial charge in [-0.05, 0) is 6.07 Å². The molecule has 72 valence electrons. The van der Waals surface area contributed by atoms with Gasteiger partial charge in [0.15, 0.2) is 0 Å². The first kappa shape index (κ1) is 9.91. The lowest BCUT2D eigenvalue weighted by Gasteiger charge is -2.01. The Morgan fingerprint density at radius 1 is 1.54 bits per heavy atom. The summed E-state index contributed by atoms with van der Waals surface area (Å²) in [6, 6.07) is 1.59. The van der Waals surface area contributed by atoms with Crippen molar-refractivity contribution < 1.29 is 8.42 Å². The van der Waals surface area contributed by atoms with E-state index in [1.165, 1.54) is 17.0 Å². The summed E-state index contributed by atoms with van der Waals surface area (Å²) in [4.78, 5) is 14.5. The molecule has 0 bridgehead atoms. The van der Waals surface area contributed by atoms with Crippen LogP contribution in [0, 0.1) is 0 Å². The maximum absolute atomic E-state index is 11.0. The molecule has 0 aliphatic carbocycles. The summed E-state index contributed by atoms with van der Waals surface area (Å²) in [5.41, 5.74) is -0.425. The maximum atomic E-state index is 11.0. The highest BCUT2D eigenvalue weighted by Gasteiger charge is 2.02. The van der Waals surface area contributed by atoms with Crippen LogP contribution < -0.4 is 5.69 Å². The molecule has 0 saturated heterocycles. The van der Waals surface area contributed by atoms with Crippen molar-refractivity contribution in [2.45, 2.75) is 6.54 Å². The monoisotopic (exact) mass is 202 g/mol. The summed E-state index contributed by atoms with van der Waals surface area (Å²) in [6.07, 6.45) is 4.02. The van der Waals surface area contributed by atoms with Gasteiger partial charge in [-0.1, -0.05) is 0 Å². The lowest BCUT2D eigenvalue weighted by molar-refractivity contribution is 0.591. The van der Waals surface area contributed by atoms with Crippen molar-refractivity contribution in [3.63, 3.8) is 0 Å². The first-order valence-corrected chi connectivity index (χ1v) is 5.74. The zero-order valence-electron chi connectivity index (χ0n) is 7.17. The van der Waals surface area contributed by atoms with E-state index in [0.29, 0.717) is 0 Å². The molecule has 1 rings (SSSR count). The van der Waals surface area contributed by atoms with Crippen LogP contribution in [0.1, 0.15) is 0 Å². The first-order chi connectivity index (χ1) is 5.99. The summed E-state index contributed by atoms with van der Waals surface area (Å²) < 4.78 is 22.8. The van der Waals surface area contributed by atoms with Gasteiger partial charge >= 0.3 is 5.69 Å². The lowest BCUT2D eigenvalue weighted by atomic mass is 10.6. The molecule has 0 atom stereocenters. The van der Waals surface area contributed by atoms with Crippen LogP contribution in [0.25, 0.3) is 0 Å². The molecule has 1 aromatic rings. The van der Waals surface area contributed by atoms with Gasteiger partial charge in [0.1, 0.15) is 9.84 Å². The zero-order valence-corrected chi connectivity index (χ0v) is 7.99. The average Bonchev–Trinajstić information content (AvgIpc) is 2.01. The Morgan fingerprint density at radius 3 is 2.77 bits per heavy atom. The van der Waals surface area contributed by atoms with Crippen molar-refractivity contribution in [2.75, 3.05) is 12.0 Å². The maximum Gasteiger partial charge on any atom is 0.347 e. The molecule has 1 aromatic heterocycles. The summed E-state index contributed by atoms with van der Waals surface area (Å²) in [6.45, 7) is 0.158. The minimum Gasteiger partial charge on any atom is -0.298 e.